The molecule has 3 aromatic rings. The van der Waals surface area contributed by atoms with Gasteiger partial charge >= 0.3 is 0 Å². The molecule has 3 aromatic carbocycles. The van der Waals surface area contributed by atoms with E-state index in [0.29, 0.717) is 23.0 Å². The van der Waals surface area contributed by atoms with Crippen LogP contribution in [-0.4, -0.2) is 29.3 Å². The molecule has 1 atom stereocenters. The molecular weight excluding hydrogens is 479 g/mol. The number of carbonyl (C=O) groups excluding carboxylic acids is 2. The van der Waals surface area contributed by atoms with E-state index in [4.69, 9.17) is 23.2 Å². The predicted molar refractivity (Wildman–Crippen MR) is 144 cm³/mol. The van der Waals surface area contributed by atoms with Crippen LogP contribution in [0.15, 0.2) is 72.8 Å². The number of halogens is 2. The first-order chi connectivity index (χ1) is 16.9. The van der Waals surface area contributed by atoms with E-state index in [9.17, 15) is 9.59 Å². The molecule has 3 rings (SSSR count). The lowest BCUT2D eigenvalue weighted by Gasteiger charge is -2.32. The van der Waals surface area contributed by atoms with E-state index >= 15 is 0 Å². The van der Waals surface area contributed by atoms with Gasteiger partial charge < -0.3 is 10.2 Å². The second-order valence-electron chi connectivity index (χ2n) is 8.78. The highest BCUT2D eigenvalue weighted by Crippen LogP contribution is 2.24. The fraction of sp³-hybridized carbons (Fsp3) is 0.310. The minimum atomic E-state index is -0.665. The monoisotopic (exact) mass is 510 g/mol. The van der Waals surface area contributed by atoms with Gasteiger partial charge in [0, 0.05) is 19.5 Å². The number of hydrogen-bond acceptors (Lipinski definition) is 2. The van der Waals surface area contributed by atoms with Gasteiger partial charge in [-0.05, 0) is 42.2 Å². The molecule has 0 heterocycles. The molecule has 4 nitrogen and oxygen atoms in total. The molecule has 1 N–H and O–H groups in total. The zero-order valence-corrected chi connectivity index (χ0v) is 21.8. The van der Waals surface area contributed by atoms with Crippen molar-refractivity contribution in [3.63, 3.8) is 0 Å². The fourth-order valence-corrected chi connectivity index (χ4v) is 4.20. The second-order valence-corrected chi connectivity index (χ2v) is 9.60. The number of carbonyl (C=O) groups is 2. The van der Waals surface area contributed by atoms with Crippen molar-refractivity contribution in [3.8, 4) is 0 Å². The molecule has 2 amide bonds. The third-order valence-electron chi connectivity index (χ3n) is 5.91. The second kappa shape index (κ2) is 13.3. The molecule has 35 heavy (non-hydrogen) atoms. The number of nitrogens with one attached hydrogen (secondary N) is 1. The highest BCUT2D eigenvalue weighted by Gasteiger charge is 2.30. The van der Waals surface area contributed by atoms with Crippen LogP contribution in [0.25, 0.3) is 0 Å². The molecule has 0 radical (unpaired) electrons. The van der Waals surface area contributed by atoms with Crippen LogP contribution in [0.4, 0.5) is 0 Å². The van der Waals surface area contributed by atoms with Gasteiger partial charge in [-0.1, -0.05) is 103 Å². The third-order valence-corrected chi connectivity index (χ3v) is 6.65. The number of unbranched alkanes of at least 4 members (excludes halogenated alkanes) is 1. The van der Waals surface area contributed by atoms with Crippen molar-refractivity contribution in [1.82, 2.24) is 10.2 Å². The van der Waals surface area contributed by atoms with Crippen LogP contribution in [0.3, 0.4) is 0 Å². The summed E-state index contributed by atoms with van der Waals surface area (Å²) in [6, 6.07) is 22.3. The Bertz CT molecular complexity index is 1120. The lowest BCUT2D eigenvalue weighted by Crippen LogP contribution is -2.51. The van der Waals surface area contributed by atoms with Crippen molar-refractivity contribution in [2.45, 2.75) is 52.1 Å². The fourth-order valence-electron chi connectivity index (χ4n) is 3.88. The Balaban J connectivity index is 1.95. The van der Waals surface area contributed by atoms with Gasteiger partial charge in [0.2, 0.25) is 11.8 Å². The van der Waals surface area contributed by atoms with Crippen molar-refractivity contribution in [3.05, 3.63) is 105 Å². The highest BCUT2D eigenvalue weighted by molar-refractivity contribution is 6.42. The molecule has 0 spiro atoms. The summed E-state index contributed by atoms with van der Waals surface area (Å²) in [7, 11) is 0. The first kappa shape index (κ1) is 26.8. The van der Waals surface area contributed by atoms with Gasteiger partial charge in [-0.25, -0.2) is 0 Å². The third kappa shape index (κ3) is 8.12. The molecule has 0 aliphatic rings. The average Bonchev–Trinajstić information content (AvgIpc) is 2.85. The van der Waals surface area contributed by atoms with Crippen molar-refractivity contribution in [2.75, 3.05) is 6.54 Å². The van der Waals surface area contributed by atoms with E-state index in [0.717, 1.165) is 35.1 Å². The summed E-state index contributed by atoms with van der Waals surface area (Å²) in [6.45, 7) is 4.92. The van der Waals surface area contributed by atoms with Gasteiger partial charge in [0.25, 0.3) is 0 Å². The van der Waals surface area contributed by atoms with Crippen molar-refractivity contribution in [2.24, 2.45) is 0 Å². The molecule has 0 fully saturated rings. The maximum atomic E-state index is 13.7. The summed E-state index contributed by atoms with van der Waals surface area (Å²) in [4.78, 5) is 28.8. The zero-order valence-electron chi connectivity index (χ0n) is 20.3. The van der Waals surface area contributed by atoms with E-state index in [1.165, 1.54) is 0 Å². The van der Waals surface area contributed by atoms with Crippen molar-refractivity contribution in [1.29, 1.82) is 0 Å². The molecule has 184 valence electrons. The standard InChI is InChI=1S/C29H32Cl2N2O2/c1-3-4-16-32-29(35)27(18-22-8-6-5-7-9-22)33(20-24-14-15-25(30)26(31)17-24)28(34)19-23-12-10-21(2)11-13-23/h5-15,17,27H,3-4,16,18-20H2,1-2H3,(H,32,35). The Morgan fingerprint density at radius 3 is 2.23 bits per heavy atom. The van der Waals surface area contributed by atoms with Crippen LogP contribution in [0.2, 0.25) is 10.0 Å². The highest BCUT2D eigenvalue weighted by atomic mass is 35.5. The summed E-state index contributed by atoms with van der Waals surface area (Å²) < 4.78 is 0. The van der Waals surface area contributed by atoms with Crippen molar-refractivity contribution >= 4 is 35.0 Å². The van der Waals surface area contributed by atoms with Crippen LogP contribution < -0.4 is 5.32 Å². The first-order valence-corrected chi connectivity index (χ1v) is 12.7. The lowest BCUT2D eigenvalue weighted by atomic mass is 10.0. The molecule has 6 heteroatoms. The molecule has 0 aliphatic carbocycles. The van der Waals surface area contributed by atoms with Crippen LogP contribution in [0.5, 0.6) is 0 Å². The Hall–Kier alpha value is -2.82. The molecule has 0 aliphatic heterocycles. The predicted octanol–water partition coefficient (Wildman–Crippen LogP) is 6.40. The Morgan fingerprint density at radius 2 is 1.57 bits per heavy atom. The smallest absolute Gasteiger partial charge is 0.243 e. The first-order valence-electron chi connectivity index (χ1n) is 12.0. The minimum absolute atomic E-state index is 0.119. The van der Waals surface area contributed by atoms with E-state index in [1.807, 2.05) is 67.6 Å². The van der Waals surface area contributed by atoms with Gasteiger partial charge in [0.15, 0.2) is 0 Å². The number of benzene rings is 3. The number of rotatable bonds is 11. The summed E-state index contributed by atoms with van der Waals surface area (Å²) in [5, 5.41) is 3.91. The summed E-state index contributed by atoms with van der Waals surface area (Å²) in [5.74, 6) is -0.272. The van der Waals surface area contributed by atoms with Gasteiger partial charge in [-0.3, -0.25) is 9.59 Å². The average molecular weight is 511 g/mol. The summed E-state index contributed by atoms with van der Waals surface area (Å²) >= 11 is 12.4. The SMILES string of the molecule is CCCCNC(=O)C(Cc1ccccc1)N(Cc1ccc(Cl)c(Cl)c1)C(=O)Cc1ccc(C)cc1. The molecular formula is C29H32Cl2N2O2. The van der Waals surface area contributed by atoms with Gasteiger partial charge in [-0.2, -0.15) is 0 Å². The summed E-state index contributed by atoms with van der Waals surface area (Å²) in [6.07, 6.45) is 2.48. The Labute approximate surface area is 218 Å². The molecule has 1 unspecified atom stereocenters. The van der Waals surface area contributed by atoms with Crippen LogP contribution in [0.1, 0.15) is 42.0 Å². The van der Waals surface area contributed by atoms with Gasteiger partial charge in [-0.15, -0.1) is 0 Å². The maximum absolute atomic E-state index is 13.7. The van der Waals surface area contributed by atoms with Crippen LogP contribution in [0, 0.1) is 6.92 Å². The molecule has 0 saturated heterocycles. The maximum Gasteiger partial charge on any atom is 0.243 e. The topological polar surface area (TPSA) is 49.4 Å². The number of hydrogen-bond donors (Lipinski definition) is 1. The normalized spacial score (nSPS) is 11.7. The Morgan fingerprint density at radius 1 is 0.886 bits per heavy atom. The number of nitrogens with zero attached hydrogens (tertiary/aromatic N) is 1. The zero-order chi connectivity index (χ0) is 25.2. The largest absolute Gasteiger partial charge is 0.354 e. The number of aryl methyl sites for hydroxylation is 1. The quantitative estimate of drug-likeness (QED) is 0.303. The Kier molecular flexibility index (Phi) is 10.2. The van der Waals surface area contributed by atoms with Crippen LogP contribution >= 0.6 is 23.2 Å². The van der Waals surface area contributed by atoms with E-state index in [1.54, 1.807) is 17.0 Å². The van der Waals surface area contributed by atoms with Gasteiger partial charge in [0.05, 0.1) is 16.5 Å². The van der Waals surface area contributed by atoms with Gasteiger partial charge in [0.1, 0.15) is 6.04 Å². The molecule has 0 bridgehead atoms. The molecule has 0 aromatic heterocycles. The van der Waals surface area contributed by atoms with Crippen LogP contribution in [-0.2, 0) is 29.0 Å². The van der Waals surface area contributed by atoms with E-state index < -0.39 is 6.04 Å². The number of amides is 2. The minimum Gasteiger partial charge on any atom is -0.354 e. The van der Waals surface area contributed by atoms with E-state index in [-0.39, 0.29) is 24.8 Å². The lowest BCUT2D eigenvalue weighted by molar-refractivity contribution is -0.140. The molecule has 0 saturated carbocycles. The van der Waals surface area contributed by atoms with Crippen molar-refractivity contribution < 1.29 is 9.59 Å². The van der Waals surface area contributed by atoms with E-state index in [2.05, 4.69) is 12.2 Å². The summed E-state index contributed by atoms with van der Waals surface area (Å²) in [5.41, 5.74) is 3.84.